The molecule has 2 aromatic rings. The molecule has 0 unspecified atom stereocenters. The van der Waals surface area contributed by atoms with Gasteiger partial charge in [0.1, 0.15) is 5.69 Å². The minimum absolute atomic E-state index is 0.0493. The normalized spacial score (nSPS) is 10.1. The SMILES string of the molecule is Cc1ccc(C)c(NC(=O)c2ccc(C(=O)O)cn2)c1. The molecule has 2 rings (SSSR count). The average Bonchev–Trinajstić information content (AvgIpc) is 2.43. The number of carbonyl (C=O) groups is 2. The van der Waals surface area contributed by atoms with Crippen LogP contribution in [-0.2, 0) is 0 Å². The van der Waals surface area contributed by atoms with Crippen LogP contribution in [0.2, 0.25) is 0 Å². The van der Waals surface area contributed by atoms with E-state index in [1.807, 2.05) is 32.0 Å². The summed E-state index contributed by atoms with van der Waals surface area (Å²) < 4.78 is 0. The van der Waals surface area contributed by atoms with Gasteiger partial charge in [0.15, 0.2) is 0 Å². The number of carbonyl (C=O) groups excluding carboxylic acids is 1. The zero-order valence-corrected chi connectivity index (χ0v) is 11.2. The van der Waals surface area contributed by atoms with Crippen LogP contribution in [0.4, 0.5) is 5.69 Å². The topological polar surface area (TPSA) is 79.3 Å². The largest absolute Gasteiger partial charge is 0.478 e. The average molecular weight is 270 g/mol. The summed E-state index contributed by atoms with van der Waals surface area (Å²) in [7, 11) is 0. The Morgan fingerprint density at radius 3 is 2.50 bits per heavy atom. The van der Waals surface area contributed by atoms with Crippen LogP contribution in [0.5, 0.6) is 0 Å². The van der Waals surface area contributed by atoms with E-state index in [0.717, 1.165) is 16.8 Å². The fourth-order valence-electron chi connectivity index (χ4n) is 1.71. The summed E-state index contributed by atoms with van der Waals surface area (Å²) in [5.41, 5.74) is 2.94. The van der Waals surface area contributed by atoms with E-state index >= 15 is 0 Å². The molecule has 0 aliphatic rings. The number of anilines is 1. The molecule has 2 N–H and O–H groups in total. The lowest BCUT2D eigenvalue weighted by atomic mass is 10.1. The van der Waals surface area contributed by atoms with E-state index in [1.54, 1.807) is 0 Å². The van der Waals surface area contributed by atoms with Crippen LogP contribution in [-0.4, -0.2) is 22.0 Å². The van der Waals surface area contributed by atoms with Crippen molar-refractivity contribution in [3.05, 3.63) is 58.9 Å². The molecule has 0 bridgehead atoms. The van der Waals surface area contributed by atoms with Gasteiger partial charge in [-0.1, -0.05) is 12.1 Å². The molecule has 0 fully saturated rings. The Morgan fingerprint density at radius 2 is 1.90 bits per heavy atom. The smallest absolute Gasteiger partial charge is 0.337 e. The van der Waals surface area contributed by atoms with Gasteiger partial charge in [0.25, 0.3) is 5.91 Å². The van der Waals surface area contributed by atoms with Gasteiger partial charge in [0, 0.05) is 11.9 Å². The molecule has 0 aliphatic heterocycles. The molecule has 0 spiro atoms. The first-order valence-corrected chi connectivity index (χ1v) is 6.05. The molecule has 0 radical (unpaired) electrons. The number of amides is 1. The third-order valence-electron chi connectivity index (χ3n) is 2.88. The number of benzene rings is 1. The first kappa shape index (κ1) is 13.7. The minimum Gasteiger partial charge on any atom is -0.478 e. The Hall–Kier alpha value is -2.69. The third-order valence-corrected chi connectivity index (χ3v) is 2.88. The summed E-state index contributed by atoms with van der Waals surface area (Å²) >= 11 is 0. The predicted molar refractivity (Wildman–Crippen MR) is 75.1 cm³/mol. The van der Waals surface area contributed by atoms with Crippen molar-refractivity contribution in [3.63, 3.8) is 0 Å². The highest BCUT2D eigenvalue weighted by molar-refractivity contribution is 6.03. The summed E-state index contributed by atoms with van der Waals surface area (Å²) in [5, 5.41) is 11.5. The van der Waals surface area contributed by atoms with E-state index in [0.29, 0.717) is 0 Å². The van der Waals surface area contributed by atoms with E-state index < -0.39 is 5.97 Å². The van der Waals surface area contributed by atoms with Gasteiger partial charge in [0.2, 0.25) is 0 Å². The molecular formula is C15H14N2O3. The zero-order chi connectivity index (χ0) is 14.7. The van der Waals surface area contributed by atoms with Crippen LogP contribution >= 0.6 is 0 Å². The summed E-state index contributed by atoms with van der Waals surface area (Å²) in [4.78, 5) is 26.6. The van der Waals surface area contributed by atoms with Gasteiger partial charge in [-0.05, 0) is 43.2 Å². The summed E-state index contributed by atoms with van der Waals surface area (Å²) in [6, 6.07) is 8.51. The van der Waals surface area contributed by atoms with E-state index in [1.165, 1.54) is 18.3 Å². The first-order valence-electron chi connectivity index (χ1n) is 6.05. The van der Waals surface area contributed by atoms with Gasteiger partial charge in [-0.2, -0.15) is 0 Å². The highest BCUT2D eigenvalue weighted by Crippen LogP contribution is 2.17. The van der Waals surface area contributed by atoms with Crippen molar-refractivity contribution < 1.29 is 14.7 Å². The number of hydrogen-bond acceptors (Lipinski definition) is 3. The van der Waals surface area contributed by atoms with Gasteiger partial charge in [-0.3, -0.25) is 9.78 Å². The summed E-state index contributed by atoms with van der Waals surface area (Å²) in [5.74, 6) is -1.44. The molecule has 1 amide bonds. The molecule has 1 heterocycles. The van der Waals surface area contributed by atoms with E-state index in [-0.39, 0.29) is 17.2 Å². The second-order valence-electron chi connectivity index (χ2n) is 4.51. The number of aromatic nitrogens is 1. The molecular weight excluding hydrogens is 256 g/mol. The monoisotopic (exact) mass is 270 g/mol. The van der Waals surface area contributed by atoms with E-state index in [4.69, 9.17) is 5.11 Å². The van der Waals surface area contributed by atoms with Gasteiger partial charge in [-0.15, -0.1) is 0 Å². The van der Waals surface area contributed by atoms with Crippen molar-refractivity contribution in [3.8, 4) is 0 Å². The lowest BCUT2D eigenvalue weighted by Gasteiger charge is -2.09. The third kappa shape index (κ3) is 3.00. The number of rotatable bonds is 3. The first-order chi connectivity index (χ1) is 9.47. The van der Waals surface area contributed by atoms with Gasteiger partial charge in [-0.25, -0.2) is 4.79 Å². The maximum atomic E-state index is 12.0. The standard InChI is InChI=1S/C15H14N2O3/c1-9-3-4-10(2)13(7-9)17-14(18)12-6-5-11(8-16-12)15(19)20/h3-8H,1-2H3,(H,17,18)(H,19,20). The molecule has 20 heavy (non-hydrogen) atoms. The number of nitrogens with zero attached hydrogens (tertiary/aromatic N) is 1. The maximum absolute atomic E-state index is 12.0. The molecule has 1 aromatic heterocycles. The Bertz CT molecular complexity index is 663. The van der Waals surface area contributed by atoms with Crippen LogP contribution in [0.3, 0.4) is 0 Å². The summed E-state index contributed by atoms with van der Waals surface area (Å²) in [6.45, 7) is 3.84. The predicted octanol–water partition coefficient (Wildman–Crippen LogP) is 2.65. The van der Waals surface area contributed by atoms with Crippen LogP contribution in [0.1, 0.15) is 32.0 Å². The second kappa shape index (κ2) is 5.52. The van der Waals surface area contributed by atoms with Crippen LogP contribution < -0.4 is 5.32 Å². The van der Waals surface area contributed by atoms with Crippen molar-refractivity contribution in [1.29, 1.82) is 0 Å². The van der Waals surface area contributed by atoms with Crippen LogP contribution in [0, 0.1) is 13.8 Å². The maximum Gasteiger partial charge on any atom is 0.337 e. The van der Waals surface area contributed by atoms with Crippen molar-refractivity contribution >= 4 is 17.6 Å². The molecule has 5 heteroatoms. The Balaban J connectivity index is 2.19. The number of aromatic carboxylic acids is 1. The Kier molecular flexibility index (Phi) is 3.79. The summed E-state index contributed by atoms with van der Waals surface area (Å²) in [6.07, 6.45) is 1.17. The number of carboxylic acids is 1. The Labute approximate surface area is 116 Å². The second-order valence-corrected chi connectivity index (χ2v) is 4.51. The highest BCUT2D eigenvalue weighted by Gasteiger charge is 2.10. The molecule has 0 saturated carbocycles. The number of nitrogens with one attached hydrogen (secondary N) is 1. The van der Waals surface area contributed by atoms with E-state index in [2.05, 4.69) is 10.3 Å². The zero-order valence-electron chi connectivity index (χ0n) is 11.2. The van der Waals surface area contributed by atoms with Crippen LogP contribution in [0.15, 0.2) is 36.5 Å². The van der Waals surface area contributed by atoms with Gasteiger partial charge >= 0.3 is 5.97 Å². The van der Waals surface area contributed by atoms with Crippen molar-refractivity contribution in [2.75, 3.05) is 5.32 Å². The molecule has 0 aliphatic carbocycles. The molecule has 0 atom stereocenters. The fourth-order valence-corrected chi connectivity index (χ4v) is 1.71. The lowest BCUT2D eigenvalue weighted by molar-refractivity contribution is 0.0696. The highest BCUT2D eigenvalue weighted by atomic mass is 16.4. The lowest BCUT2D eigenvalue weighted by Crippen LogP contribution is -2.15. The minimum atomic E-state index is -1.07. The fraction of sp³-hybridized carbons (Fsp3) is 0.133. The molecule has 1 aromatic carbocycles. The van der Waals surface area contributed by atoms with E-state index in [9.17, 15) is 9.59 Å². The van der Waals surface area contributed by atoms with Crippen molar-refractivity contribution in [1.82, 2.24) is 4.98 Å². The van der Waals surface area contributed by atoms with Gasteiger partial charge < -0.3 is 10.4 Å². The quantitative estimate of drug-likeness (QED) is 0.898. The number of pyridine rings is 1. The van der Waals surface area contributed by atoms with Crippen molar-refractivity contribution in [2.24, 2.45) is 0 Å². The van der Waals surface area contributed by atoms with Crippen LogP contribution in [0.25, 0.3) is 0 Å². The molecule has 102 valence electrons. The molecule has 0 saturated heterocycles. The number of aryl methyl sites for hydroxylation is 2. The van der Waals surface area contributed by atoms with Crippen molar-refractivity contribution in [2.45, 2.75) is 13.8 Å². The van der Waals surface area contributed by atoms with Gasteiger partial charge in [0.05, 0.1) is 5.56 Å². The molecule has 5 nitrogen and oxygen atoms in total. The Morgan fingerprint density at radius 1 is 1.15 bits per heavy atom. The number of hydrogen-bond donors (Lipinski definition) is 2. The number of carboxylic acid groups (broad SMARTS) is 1.